The number of carbonyl (C=O) groups is 3. The summed E-state index contributed by atoms with van der Waals surface area (Å²) in [5.74, 6) is -0.880. The maximum Gasteiger partial charge on any atom is 0.306 e. The lowest BCUT2D eigenvalue weighted by molar-refractivity contribution is -0.167. The Balaban J connectivity index is 4.02. The predicted molar refractivity (Wildman–Crippen MR) is 321 cm³/mol. The number of esters is 3. The summed E-state index contributed by atoms with van der Waals surface area (Å²) in [6.07, 6.45) is 82.0. The highest BCUT2D eigenvalue weighted by molar-refractivity contribution is 5.71. The maximum absolute atomic E-state index is 12.8. The van der Waals surface area contributed by atoms with Crippen LogP contribution in [0.4, 0.5) is 0 Å². The molecule has 6 nitrogen and oxygen atoms in total. The van der Waals surface area contributed by atoms with Crippen LogP contribution < -0.4 is 0 Å². The number of unbranched alkanes of at least 4 members (excludes halogenated alkanes) is 32. The van der Waals surface area contributed by atoms with Gasteiger partial charge in [-0.15, -0.1) is 0 Å². The zero-order chi connectivity index (χ0) is 53.6. The van der Waals surface area contributed by atoms with E-state index in [9.17, 15) is 14.4 Å². The molecule has 0 fully saturated rings. The molecule has 0 saturated carbocycles. The second-order valence-electron chi connectivity index (χ2n) is 20.9. The van der Waals surface area contributed by atoms with Crippen molar-refractivity contribution in [1.82, 2.24) is 0 Å². The Morgan fingerprint density at radius 2 is 0.527 bits per heavy atom. The smallest absolute Gasteiger partial charge is 0.306 e. The molecule has 0 radical (unpaired) electrons. The van der Waals surface area contributed by atoms with Crippen LogP contribution in [0.5, 0.6) is 0 Å². The van der Waals surface area contributed by atoms with Crippen LogP contribution in [-0.2, 0) is 28.6 Å². The van der Waals surface area contributed by atoms with E-state index in [-0.39, 0.29) is 31.1 Å². The normalized spacial score (nSPS) is 12.6. The fourth-order valence-corrected chi connectivity index (χ4v) is 8.91. The standard InChI is InChI=1S/C68H118O6/c1-4-7-10-13-16-18-20-22-24-26-27-28-29-30-31-32-33-34-35-36-37-38-39-40-41-43-44-46-48-50-52-55-58-61-67(70)73-64-65(63-72-66(69)60-57-54-15-12-9-6-3)74-68(71)62-59-56-53-51-49-47-45-42-25-23-21-19-17-14-11-8-5-2/h7,10,16,18,22-25,27-28,30-31,33-34,65H,4-6,8-9,11-15,17,19-21,26,29,32,35-64H2,1-3H3/b10-7-,18-16-,24-22-,25-23-,28-27-,31-30-,34-33-. The molecule has 74 heavy (non-hydrogen) atoms. The maximum atomic E-state index is 12.8. The van der Waals surface area contributed by atoms with E-state index in [0.29, 0.717) is 19.3 Å². The molecule has 0 heterocycles. The molecular weight excluding hydrogens is 913 g/mol. The van der Waals surface area contributed by atoms with Gasteiger partial charge in [-0.2, -0.15) is 0 Å². The average Bonchev–Trinajstić information content (AvgIpc) is 3.40. The second kappa shape index (κ2) is 62.1. The van der Waals surface area contributed by atoms with Crippen LogP contribution in [0, 0.1) is 0 Å². The molecule has 0 aromatic carbocycles. The van der Waals surface area contributed by atoms with Gasteiger partial charge in [-0.3, -0.25) is 14.4 Å². The fourth-order valence-electron chi connectivity index (χ4n) is 8.91. The Bertz CT molecular complexity index is 1420. The number of ether oxygens (including phenoxy) is 3. The molecule has 6 heteroatoms. The highest BCUT2D eigenvalue weighted by atomic mass is 16.6. The lowest BCUT2D eigenvalue weighted by Crippen LogP contribution is -2.30. The van der Waals surface area contributed by atoms with E-state index >= 15 is 0 Å². The van der Waals surface area contributed by atoms with E-state index < -0.39 is 6.10 Å². The summed E-state index contributed by atoms with van der Waals surface area (Å²) in [6, 6.07) is 0. The Kier molecular flexibility index (Phi) is 59.3. The minimum atomic E-state index is -0.774. The van der Waals surface area contributed by atoms with Crippen molar-refractivity contribution in [3.63, 3.8) is 0 Å². The molecule has 1 unspecified atom stereocenters. The first-order valence-corrected chi connectivity index (χ1v) is 31.6. The van der Waals surface area contributed by atoms with Gasteiger partial charge in [-0.25, -0.2) is 0 Å². The highest BCUT2D eigenvalue weighted by Gasteiger charge is 2.19. The summed E-state index contributed by atoms with van der Waals surface area (Å²) in [5.41, 5.74) is 0. The summed E-state index contributed by atoms with van der Waals surface area (Å²) in [6.45, 7) is 6.48. The lowest BCUT2D eigenvalue weighted by atomic mass is 10.0. The summed E-state index contributed by atoms with van der Waals surface area (Å²) in [5, 5.41) is 0. The first kappa shape index (κ1) is 70.6. The van der Waals surface area contributed by atoms with Gasteiger partial charge in [0.2, 0.25) is 0 Å². The number of allylic oxidation sites excluding steroid dienone is 14. The van der Waals surface area contributed by atoms with E-state index in [1.165, 1.54) is 173 Å². The Labute approximate surface area is 458 Å². The number of hydrogen-bond acceptors (Lipinski definition) is 6. The van der Waals surface area contributed by atoms with Crippen LogP contribution in [0.3, 0.4) is 0 Å². The third kappa shape index (κ3) is 59.5. The number of rotatable bonds is 57. The van der Waals surface area contributed by atoms with Crippen molar-refractivity contribution in [2.24, 2.45) is 0 Å². The molecule has 0 aliphatic heterocycles. The van der Waals surface area contributed by atoms with Crippen molar-refractivity contribution in [2.75, 3.05) is 13.2 Å². The van der Waals surface area contributed by atoms with E-state index in [1.54, 1.807) is 0 Å². The van der Waals surface area contributed by atoms with Crippen molar-refractivity contribution in [1.29, 1.82) is 0 Å². The molecule has 0 aromatic heterocycles. The molecule has 0 aliphatic carbocycles. The van der Waals surface area contributed by atoms with Gasteiger partial charge in [0.1, 0.15) is 13.2 Å². The Hall–Kier alpha value is -3.41. The van der Waals surface area contributed by atoms with Gasteiger partial charge in [-0.1, -0.05) is 279 Å². The van der Waals surface area contributed by atoms with E-state index in [4.69, 9.17) is 14.2 Å². The molecule has 0 aliphatic rings. The van der Waals surface area contributed by atoms with E-state index in [1.807, 2.05) is 0 Å². The molecular formula is C68H118O6. The predicted octanol–water partition coefficient (Wildman–Crippen LogP) is 21.5. The fraction of sp³-hybridized carbons (Fsp3) is 0.750. The van der Waals surface area contributed by atoms with Gasteiger partial charge in [0.15, 0.2) is 6.10 Å². The van der Waals surface area contributed by atoms with Crippen LogP contribution in [0.1, 0.15) is 310 Å². The third-order valence-electron chi connectivity index (χ3n) is 13.6. The third-order valence-corrected chi connectivity index (χ3v) is 13.6. The summed E-state index contributed by atoms with van der Waals surface area (Å²) in [7, 11) is 0. The molecule has 0 aromatic rings. The van der Waals surface area contributed by atoms with Crippen LogP contribution >= 0.6 is 0 Å². The molecule has 0 saturated heterocycles. The topological polar surface area (TPSA) is 78.9 Å². The summed E-state index contributed by atoms with van der Waals surface area (Å²) < 4.78 is 16.8. The van der Waals surface area contributed by atoms with E-state index in [0.717, 1.165) is 96.3 Å². The largest absolute Gasteiger partial charge is 0.462 e. The zero-order valence-electron chi connectivity index (χ0n) is 48.8. The van der Waals surface area contributed by atoms with Crippen molar-refractivity contribution in [3.05, 3.63) is 85.1 Å². The van der Waals surface area contributed by atoms with Crippen molar-refractivity contribution < 1.29 is 28.6 Å². The van der Waals surface area contributed by atoms with Crippen LogP contribution in [0.25, 0.3) is 0 Å². The first-order chi connectivity index (χ1) is 36.5. The summed E-state index contributed by atoms with van der Waals surface area (Å²) in [4.78, 5) is 37.9. The highest BCUT2D eigenvalue weighted by Crippen LogP contribution is 2.16. The van der Waals surface area contributed by atoms with Gasteiger partial charge in [0.25, 0.3) is 0 Å². The van der Waals surface area contributed by atoms with Crippen molar-refractivity contribution >= 4 is 17.9 Å². The van der Waals surface area contributed by atoms with Crippen LogP contribution in [-0.4, -0.2) is 37.2 Å². The Morgan fingerprint density at radius 3 is 0.838 bits per heavy atom. The van der Waals surface area contributed by atoms with Crippen molar-refractivity contribution in [3.8, 4) is 0 Å². The van der Waals surface area contributed by atoms with Gasteiger partial charge < -0.3 is 14.2 Å². The van der Waals surface area contributed by atoms with E-state index in [2.05, 4.69) is 106 Å². The SMILES string of the molecule is CC/C=C\C/C=C\C/C=C\C/C=C\C/C=C\C/C=C\CCCCCCCCCCCCCCCCC(=O)OCC(COC(=O)CCCCCCCC)OC(=O)CCCCCCCCC/C=C\CCCCCCCC. The second-order valence-corrected chi connectivity index (χ2v) is 20.9. The van der Waals surface area contributed by atoms with Crippen LogP contribution in [0.2, 0.25) is 0 Å². The van der Waals surface area contributed by atoms with Crippen LogP contribution in [0.15, 0.2) is 85.1 Å². The lowest BCUT2D eigenvalue weighted by Gasteiger charge is -2.18. The van der Waals surface area contributed by atoms with Gasteiger partial charge in [0.05, 0.1) is 0 Å². The zero-order valence-corrected chi connectivity index (χ0v) is 48.8. The molecule has 0 rings (SSSR count). The molecule has 1 atom stereocenters. The molecule has 0 amide bonds. The Morgan fingerprint density at radius 1 is 0.284 bits per heavy atom. The molecule has 426 valence electrons. The minimum Gasteiger partial charge on any atom is -0.462 e. The monoisotopic (exact) mass is 1030 g/mol. The minimum absolute atomic E-state index is 0.0752. The van der Waals surface area contributed by atoms with Gasteiger partial charge in [-0.05, 0) is 96.3 Å². The number of hydrogen-bond donors (Lipinski definition) is 0. The van der Waals surface area contributed by atoms with Gasteiger partial charge in [0, 0.05) is 19.3 Å². The number of carbonyl (C=O) groups excluding carboxylic acids is 3. The quantitative estimate of drug-likeness (QED) is 0.0261. The molecule has 0 spiro atoms. The molecule has 0 N–H and O–H groups in total. The van der Waals surface area contributed by atoms with Gasteiger partial charge >= 0.3 is 17.9 Å². The average molecular weight is 1030 g/mol. The van der Waals surface area contributed by atoms with Crippen molar-refractivity contribution in [2.45, 2.75) is 316 Å². The molecule has 0 bridgehead atoms. The first-order valence-electron chi connectivity index (χ1n) is 31.6. The summed E-state index contributed by atoms with van der Waals surface area (Å²) >= 11 is 0.